The van der Waals surface area contributed by atoms with Gasteiger partial charge in [-0.2, -0.15) is 0 Å². The maximum absolute atomic E-state index is 12.4. The van der Waals surface area contributed by atoms with Crippen LogP contribution in [0.4, 0.5) is 11.5 Å². The molecule has 0 fully saturated rings. The van der Waals surface area contributed by atoms with Gasteiger partial charge in [-0.15, -0.1) is 0 Å². The molecule has 2 N–H and O–H groups in total. The third-order valence-corrected chi connectivity index (χ3v) is 4.95. The molecule has 8 heteroatoms. The number of rotatable bonds is 3. The molecule has 0 amide bonds. The molecule has 0 aliphatic carbocycles. The molecule has 3 rings (SSSR count). The smallest absolute Gasteiger partial charge is 0.263 e. The first-order chi connectivity index (χ1) is 10.0. The fraction of sp³-hybridized carbons (Fsp3) is 0.231. The van der Waals surface area contributed by atoms with E-state index in [-0.39, 0.29) is 10.7 Å². The molecule has 21 heavy (non-hydrogen) atoms. The summed E-state index contributed by atoms with van der Waals surface area (Å²) in [6.07, 6.45) is 4.82. The fourth-order valence-electron chi connectivity index (χ4n) is 2.17. The predicted molar refractivity (Wildman–Crippen MR) is 83.8 cm³/mol. The first kappa shape index (κ1) is 14.3. The lowest BCUT2D eigenvalue weighted by Crippen LogP contribution is -2.16. The summed E-state index contributed by atoms with van der Waals surface area (Å²) in [6, 6.07) is 5.12. The van der Waals surface area contributed by atoms with Gasteiger partial charge >= 0.3 is 0 Å². The van der Waals surface area contributed by atoms with Gasteiger partial charge in [-0.3, -0.25) is 4.72 Å². The van der Waals surface area contributed by atoms with Gasteiger partial charge in [0.05, 0.1) is 17.3 Å². The second kappa shape index (κ2) is 5.61. The Morgan fingerprint density at radius 2 is 2.10 bits per heavy atom. The average molecular weight is 369 g/mol. The van der Waals surface area contributed by atoms with Crippen molar-refractivity contribution < 1.29 is 8.42 Å². The van der Waals surface area contributed by atoms with Gasteiger partial charge in [-0.1, -0.05) is 6.07 Å². The lowest BCUT2D eigenvalue weighted by Gasteiger charge is -2.18. The van der Waals surface area contributed by atoms with Gasteiger partial charge in [0, 0.05) is 12.2 Å². The molecule has 0 radical (unpaired) electrons. The van der Waals surface area contributed by atoms with Crippen molar-refractivity contribution in [3.8, 4) is 0 Å². The minimum Gasteiger partial charge on any atom is -0.385 e. The summed E-state index contributed by atoms with van der Waals surface area (Å²) in [7, 11) is -3.67. The molecule has 6 nitrogen and oxygen atoms in total. The standard InChI is InChI=1S/C13H13BrN4O2S/c14-12-7-17-13(8-16-12)18-21(19,20)10-4-3-9-2-1-5-15-11(9)6-10/h3-4,6-8,15H,1-2,5H2,(H,17,18). The van der Waals surface area contributed by atoms with E-state index in [2.05, 4.69) is 35.9 Å². The zero-order valence-corrected chi connectivity index (χ0v) is 13.4. The Bertz CT molecular complexity index is 762. The Morgan fingerprint density at radius 1 is 1.24 bits per heavy atom. The van der Waals surface area contributed by atoms with Crippen LogP contribution in [0.15, 0.2) is 40.1 Å². The van der Waals surface area contributed by atoms with Crippen LogP contribution in [0, 0.1) is 0 Å². The number of fused-ring (bicyclic) bond motifs is 1. The molecule has 0 saturated heterocycles. The van der Waals surface area contributed by atoms with Crippen LogP contribution in [0.3, 0.4) is 0 Å². The molecule has 1 aromatic heterocycles. The summed E-state index contributed by atoms with van der Waals surface area (Å²) in [5.41, 5.74) is 2.02. The molecule has 0 unspecified atom stereocenters. The molecule has 2 aromatic rings. The maximum atomic E-state index is 12.4. The highest BCUT2D eigenvalue weighted by Crippen LogP contribution is 2.26. The Balaban J connectivity index is 1.89. The number of aromatic nitrogens is 2. The van der Waals surface area contributed by atoms with Gasteiger partial charge in [0.1, 0.15) is 4.60 Å². The van der Waals surface area contributed by atoms with Crippen LogP contribution in [0.2, 0.25) is 0 Å². The molecule has 0 saturated carbocycles. The van der Waals surface area contributed by atoms with Crippen LogP contribution < -0.4 is 10.0 Å². The van der Waals surface area contributed by atoms with E-state index in [9.17, 15) is 8.42 Å². The van der Waals surface area contributed by atoms with Gasteiger partial charge in [0.2, 0.25) is 0 Å². The molecule has 110 valence electrons. The number of halogens is 1. The van der Waals surface area contributed by atoms with Crippen molar-refractivity contribution in [3.05, 3.63) is 40.8 Å². The van der Waals surface area contributed by atoms with Crippen LogP contribution in [-0.4, -0.2) is 24.9 Å². The van der Waals surface area contributed by atoms with E-state index >= 15 is 0 Å². The van der Waals surface area contributed by atoms with Crippen molar-refractivity contribution in [2.45, 2.75) is 17.7 Å². The van der Waals surface area contributed by atoms with Crippen LogP contribution >= 0.6 is 15.9 Å². The third kappa shape index (κ3) is 3.16. The Kier molecular flexibility index (Phi) is 3.81. The first-order valence-corrected chi connectivity index (χ1v) is 8.69. The quantitative estimate of drug-likeness (QED) is 0.868. The third-order valence-electron chi connectivity index (χ3n) is 3.19. The van der Waals surface area contributed by atoms with Crippen LogP contribution in [-0.2, 0) is 16.4 Å². The highest BCUT2D eigenvalue weighted by Gasteiger charge is 2.18. The van der Waals surface area contributed by atoms with Crippen molar-refractivity contribution in [2.75, 3.05) is 16.6 Å². The zero-order valence-electron chi connectivity index (χ0n) is 11.0. The van der Waals surface area contributed by atoms with Crippen molar-refractivity contribution >= 4 is 37.5 Å². The first-order valence-electron chi connectivity index (χ1n) is 6.42. The topological polar surface area (TPSA) is 84.0 Å². The number of nitrogens with one attached hydrogen (secondary N) is 2. The fourth-order valence-corrected chi connectivity index (χ4v) is 3.39. The van der Waals surface area contributed by atoms with Crippen molar-refractivity contribution in [3.63, 3.8) is 0 Å². The van der Waals surface area contributed by atoms with Gasteiger partial charge in [-0.05, 0) is 46.5 Å². The van der Waals surface area contributed by atoms with Crippen LogP contribution in [0.5, 0.6) is 0 Å². The molecule has 1 aliphatic heterocycles. The van der Waals surface area contributed by atoms with Crippen molar-refractivity contribution in [1.82, 2.24) is 9.97 Å². The van der Waals surface area contributed by atoms with Gasteiger partial charge < -0.3 is 5.32 Å². The van der Waals surface area contributed by atoms with E-state index in [1.165, 1.54) is 12.4 Å². The lowest BCUT2D eigenvalue weighted by atomic mass is 10.0. The average Bonchev–Trinajstić information content (AvgIpc) is 2.49. The molecule has 1 aliphatic rings. The largest absolute Gasteiger partial charge is 0.385 e. The zero-order chi connectivity index (χ0) is 14.9. The summed E-state index contributed by atoms with van der Waals surface area (Å²) in [6.45, 7) is 0.863. The second-order valence-electron chi connectivity index (χ2n) is 4.68. The number of benzene rings is 1. The van der Waals surface area contributed by atoms with Gasteiger partial charge in [0.25, 0.3) is 10.0 Å². The Labute approximate surface area is 131 Å². The van der Waals surface area contributed by atoms with Gasteiger partial charge in [-0.25, -0.2) is 18.4 Å². The normalized spacial score (nSPS) is 14.1. The van der Waals surface area contributed by atoms with E-state index in [1.807, 2.05) is 6.07 Å². The highest BCUT2D eigenvalue weighted by molar-refractivity contribution is 9.10. The number of aryl methyl sites for hydroxylation is 1. The predicted octanol–water partition coefficient (Wildman–Crippen LogP) is 2.40. The van der Waals surface area contributed by atoms with Crippen LogP contribution in [0.25, 0.3) is 0 Å². The van der Waals surface area contributed by atoms with Crippen LogP contribution in [0.1, 0.15) is 12.0 Å². The highest BCUT2D eigenvalue weighted by atomic mass is 79.9. The molecule has 1 aromatic carbocycles. The van der Waals surface area contributed by atoms with E-state index in [0.717, 1.165) is 30.6 Å². The van der Waals surface area contributed by atoms with E-state index in [4.69, 9.17) is 0 Å². The number of nitrogens with zero attached hydrogens (tertiary/aromatic N) is 2. The van der Waals surface area contributed by atoms with E-state index in [0.29, 0.717) is 4.60 Å². The summed E-state index contributed by atoms with van der Waals surface area (Å²) >= 11 is 3.15. The molecule has 0 atom stereocenters. The number of sulfonamides is 1. The minimum absolute atomic E-state index is 0.184. The second-order valence-corrected chi connectivity index (χ2v) is 7.17. The number of anilines is 2. The van der Waals surface area contributed by atoms with E-state index in [1.54, 1.807) is 12.1 Å². The summed E-state index contributed by atoms with van der Waals surface area (Å²) < 4.78 is 27.7. The monoisotopic (exact) mass is 368 g/mol. The van der Waals surface area contributed by atoms with Gasteiger partial charge in [0.15, 0.2) is 5.82 Å². The molecule has 0 bridgehead atoms. The summed E-state index contributed by atoms with van der Waals surface area (Å²) in [4.78, 5) is 8.11. The molecular weight excluding hydrogens is 356 g/mol. The maximum Gasteiger partial charge on any atom is 0.263 e. The lowest BCUT2D eigenvalue weighted by molar-refractivity contribution is 0.601. The number of hydrogen-bond acceptors (Lipinski definition) is 5. The molecule has 2 heterocycles. The van der Waals surface area contributed by atoms with Crippen molar-refractivity contribution in [1.29, 1.82) is 0 Å². The Morgan fingerprint density at radius 3 is 2.86 bits per heavy atom. The van der Waals surface area contributed by atoms with E-state index < -0.39 is 10.0 Å². The SMILES string of the molecule is O=S(=O)(Nc1cnc(Br)cn1)c1ccc2c(c1)NCCC2. The Hall–Kier alpha value is -1.67. The molecular formula is C13H13BrN4O2S. The molecule has 0 spiro atoms. The minimum atomic E-state index is -3.67. The number of hydrogen-bond donors (Lipinski definition) is 2. The van der Waals surface area contributed by atoms with Crippen molar-refractivity contribution in [2.24, 2.45) is 0 Å². The summed E-state index contributed by atoms with van der Waals surface area (Å²) in [5.74, 6) is 0.184. The summed E-state index contributed by atoms with van der Waals surface area (Å²) in [5, 5.41) is 3.22.